The molecule has 0 saturated carbocycles. The summed E-state index contributed by atoms with van der Waals surface area (Å²) in [7, 11) is 0. The van der Waals surface area contributed by atoms with E-state index in [2.05, 4.69) is 11.4 Å². The lowest BCUT2D eigenvalue weighted by Crippen LogP contribution is -2.11. The van der Waals surface area contributed by atoms with Gasteiger partial charge in [0, 0.05) is 11.3 Å². The Balaban J connectivity index is 2.06. The van der Waals surface area contributed by atoms with Gasteiger partial charge in [0.15, 0.2) is 0 Å². The van der Waals surface area contributed by atoms with Crippen LogP contribution in [-0.2, 0) is 6.42 Å². The van der Waals surface area contributed by atoms with Crippen molar-refractivity contribution in [3.63, 3.8) is 0 Å². The van der Waals surface area contributed by atoms with Crippen LogP contribution in [0.5, 0.6) is 0 Å². The van der Waals surface area contributed by atoms with Gasteiger partial charge in [-0.05, 0) is 42.0 Å². The predicted octanol–water partition coefficient (Wildman–Crippen LogP) is 3.14. The van der Waals surface area contributed by atoms with Gasteiger partial charge in [-0.3, -0.25) is 4.79 Å². The number of halogens is 1. The number of amides is 1. The van der Waals surface area contributed by atoms with Gasteiger partial charge in [-0.1, -0.05) is 12.1 Å². The molecular formula is C15H11FN2O. The van der Waals surface area contributed by atoms with E-state index in [1.165, 1.54) is 24.3 Å². The van der Waals surface area contributed by atoms with Crippen molar-refractivity contribution >= 4 is 11.6 Å². The molecule has 94 valence electrons. The number of hydrogen-bond donors (Lipinski definition) is 1. The summed E-state index contributed by atoms with van der Waals surface area (Å²) in [6.45, 7) is 0. The van der Waals surface area contributed by atoms with Gasteiger partial charge in [-0.25, -0.2) is 4.39 Å². The van der Waals surface area contributed by atoms with Crippen LogP contribution in [0.4, 0.5) is 10.1 Å². The lowest BCUT2D eigenvalue weighted by Gasteiger charge is -2.05. The number of nitrogens with zero attached hydrogens (tertiary/aromatic N) is 1. The van der Waals surface area contributed by atoms with Crippen LogP contribution in [0.25, 0.3) is 0 Å². The number of benzene rings is 2. The molecule has 0 saturated heterocycles. The second-order valence-corrected chi connectivity index (χ2v) is 3.99. The molecule has 2 rings (SSSR count). The highest BCUT2D eigenvalue weighted by atomic mass is 19.1. The van der Waals surface area contributed by atoms with Crippen LogP contribution < -0.4 is 5.32 Å². The third-order valence-electron chi connectivity index (χ3n) is 2.60. The third kappa shape index (κ3) is 3.39. The molecule has 1 N–H and O–H groups in total. The summed E-state index contributed by atoms with van der Waals surface area (Å²) in [5.74, 6) is -0.676. The Bertz CT molecular complexity index is 612. The number of carbonyl (C=O) groups is 1. The first kappa shape index (κ1) is 12.8. The molecule has 0 bridgehead atoms. The summed E-state index contributed by atoms with van der Waals surface area (Å²) in [5, 5.41) is 11.3. The van der Waals surface area contributed by atoms with Crippen LogP contribution in [0.2, 0.25) is 0 Å². The zero-order valence-electron chi connectivity index (χ0n) is 10.1. The first-order chi connectivity index (χ1) is 9.19. The van der Waals surface area contributed by atoms with E-state index in [9.17, 15) is 9.18 Å². The zero-order chi connectivity index (χ0) is 13.7. The maximum atomic E-state index is 12.7. The minimum Gasteiger partial charge on any atom is -0.322 e. The van der Waals surface area contributed by atoms with Gasteiger partial charge in [0.05, 0.1) is 12.5 Å². The van der Waals surface area contributed by atoms with E-state index in [1.807, 2.05) is 0 Å². The molecule has 0 aromatic heterocycles. The van der Waals surface area contributed by atoms with E-state index < -0.39 is 0 Å². The van der Waals surface area contributed by atoms with Crippen molar-refractivity contribution in [2.24, 2.45) is 0 Å². The monoisotopic (exact) mass is 254 g/mol. The highest BCUT2D eigenvalue weighted by molar-refractivity contribution is 6.04. The molecule has 0 aliphatic heterocycles. The van der Waals surface area contributed by atoms with Crippen LogP contribution in [0, 0.1) is 17.1 Å². The van der Waals surface area contributed by atoms with E-state index in [-0.39, 0.29) is 11.7 Å². The Morgan fingerprint density at radius 1 is 1.11 bits per heavy atom. The molecule has 0 radical (unpaired) electrons. The van der Waals surface area contributed by atoms with Gasteiger partial charge in [-0.2, -0.15) is 5.26 Å². The molecular weight excluding hydrogens is 243 g/mol. The Morgan fingerprint density at radius 2 is 1.74 bits per heavy atom. The molecule has 0 fully saturated rings. The van der Waals surface area contributed by atoms with Crippen LogP contribution in [-0.4, -0.2) is 5.91 Å². The fourth-order valence-corrected chi connectivity index (χ4v) is 1.60. The molecule has 1 amide bonds. The highest BCUT2D eigenvalue weighted by Crippen LogP contribution is 2.12. The Hall–Kier alpha value is -2.67. The van der Waals surface area contributed by atoms with Gasteiger partial charge >= 0.3 is 0 Å². The number of anilines is 1. The normalized spacial score (nSPS) is 9.68. The summed E-state index contributed by atoms with van der Waals surface area (Å²) in [6.07, 6.45) is 0.339. The fourth-order valence-electron chi connectivity index (χ4n) is 1.60. The van der Waals surface area contributed by atoms with Crippen molar-refractivity contribution in [3.05, 3.63) is 65.5 Å². The minimum absolute atomic E-state index is 0.298. The molecule has 0 heterocycles. The van der Waals surface area contributed by atoms with Crippen molar-refractivity contribution in [2.75, 3.05) is 5.32 Å². The Kier molecular flexibility index (Phi) is 3.89. The maximum Gasteiger partial charge on any atom is 0.255 e. The molecule has 0 aliphatic rings. The second-order valence-electron chi connectivity index (χ2n) is 3.99. The van der Waals surface area contributed by atoms with E-state index in [1.54, 1.807) is 24.3 Å². The lowest BCUT2D eigenvalue weighted by atomic mass is 10.1. The Morgan fingerprint density at radius 3 is 2.32 bits per heavy atom. The summed E-state index contributed by atoms with van der Waals surface area (Å²) in [4.78, 5) is 11.9. The van der Waals surface area contributed by atoms with Crippen molar-refractivity contribution in [3.8, 4) is 6.07 Å². The van der Waals surface area contributed by atoms with Gasteiger partial charge in [0.2, 0.25) is 0 Å². The van der Waals surface area contributed by atoms with Crippen molar-refractivity contribution < 1.29 is 9.18 Å². The van der Waals surface area contributed by atoms with E-state index in [0.29, 0.717) is 17.7 Å². The number of carbonyl (C=O) groups excluding carboxylic acids is 1. The predicted molar refractivity (Wildman–Crippen MR) is 70.1 cm³/mol. The molecule has 0 spiro atoms. The average molecular weight is 254 g/mol. The van der Waals surface area contributed by atoms with Crippen LogP contribution in [0.1, 0.15) is 15.9 Å². The van der Waals surface area contributed by atoms with Gasteiger partial charge < -0.3 is 5.32 Å². The number of rotatable bonds is 3. The summed E-state index contributed by atoms with van der Waals surface area (Å²) in [6, 6.07) is 14.4. The smallest absolute Gasteiger partial charge is 0.255 e. The number of hydrogen-bond acceptors (Lipinski definition) is 2. The largest absolute Gasteiger partial charge is 0.322 e. The quantitative estimate of drug-likeness (QED) is 0.914. The highest BCUT2D eigenvalue weighted by Gasteiger charge is 2.05. The molecule has 2 aromatic carbocycles. The fraction of sp³-hybridized carbons (Fsp3) is 0.0667. The molecule has 2 aromatic rings. The van der Waals surface area contributed by atoms with Crippen LogP contribution in [0.15, 0.2) is 48.5 Å². The molecule has 0 aliphatic carbocycles. The average Bonchev–Trinajstić information content (AvgIpc) is 2.42. The SMILES string of the molecule is N#CCc1ccc(NC(=O)c2ccc(F)cc2)cc1. The third-order valence-corrected chi connectivity index (χ3v) is 2.60. The maximum absolute atomic E-state index is 12.7. The topological polar surface area (TPSA) is 52.9 Å². The van der Waals surface area contributed by atoms with E-state index in [0.717, 1.165) is 5.56 Å². The molecule has 19 heavy (non-hydrogen) atoms. The van der Waals surface area contributed by atoms with E-state index in [4.69, 9.17) is 5.26 Å². The van der Waals surface area contributed by atoms with E-state index >= 15 is 0 Å². The molecule has 3 nitrogen and oxygen atoms in total. The van der Waals surface area contributed by atoms with Crippen LogP contribution >= 0.6 is 0 Å². The minimum atomic E-state index is -0.377. The van der Waals surface area contributed by atoms with Crippen LogP contribution in [0.3, 0.4) is 0 Å². The standard InChI is InChI=1S/C15H11FN2O/c16-13-5-3-12(4-6-13)15(19)18-14-7-1-11(2-8-14)9-10-17/h1-8H,9H2,(H,18,19). The molecule has 0 unspecified atom stereocenters. The van der Waals surface area contributed by atoms with Crippen molar-refractivity contribution in [1.29, 1.82) is 5.26 Å². The summed E-state index contributed by atoms with van der Waals surface area (Å²) in [5.41, 5.74) is 1.92. The van der Waals surface area contributed by atoms with Crippen molar-refractivity contribution in [1.82, 2.24) is 0 Å². The van der Waals surface area contributed by atoms with Gasteiger partial charge in [0.1, 0.15) is 5.82 Å². The lowest BCUT2D eigenvalue weighted by molar-refractivity contribution is 0.102. The number of nitriles is 1. The summed E-state index contributed by atoms with van der Waals surface area (Å²) >= 11 is 0. The second kappa shape index (κ2) is 5.78. The first-order valence-corrected chi connectivity index (χ1v) is 5.72. The number of nitrogens with one attached hydrogen (secondary N) is 1. The zero-order valence-corrected chi connectivity index (χ0v) is 10.1. The van der Waals surface area contributed by atoms with Gasteiger partial charge in [0.25, 0.3) is 5.91 Å². The Labute approximate surface area is 110 Å². The van der Waals surface area contributed by atoms with Crippen molar-refractivity contribution in [2.45, 2.75) is 6.42 Å². The van der Waals surface area contributed by atoms with Gasteiger partial charge in [-0.15, -0.1) is 0 Å². The molecule has 0 atom stereocenters. The summed E-state index contributed by atoms with van der Waals surface area (Å²) < 4.78 is 12.7. The molecule has 4 heteroatoms. The first-order valence-electron chi connectivity index (χ1n) is 5.72.